The van der Waals surface area contributed by atoms with Crippen LogP contribution >= 0.6 is 11.3 Å². The maximum Gasteiger partial charge on any atom is 0.348 e. The minimum absolute atomic E-state index is 0.238. The molecule has 0 saturated carbocycles. The smallest absolute Gasteiger partial charge is 0.348 e. The van der Waals surface area contributed by atoms with Gasteiger partial charge in [0.1, 0.15) is 10.9 Å². The van der Waals surface area contributed by atoms with E-state index in [2.05, 4.69) is 4.74 Å². The van der Waals surface area contributed by atoms with Crippen molar-refractivity contribution in [3.05, 3.63) is 21.9 Å². The number of carbonyl (C=O) groups is 2. The van der Waals surface area contributed by atoms with Crippen molar-refractivity contribution in [2.75, 3.05) is 7.11 Å². The SMILES string of the molecule is COC(=O)c1sccc1C(N)C(=O)O. The van der Waals surface area contributed by atoms with Crippen LogP contribution in [-0.2, 0) is 9.53 Å². The van der Waals surface area contributed by atoms with Gasteiger partial charge < -0.3 is 15.6 Å². The van der Waals surface area contributed by atoms with Gasteiger partial charge in [-0.2, -0.15) is 0 Å². The molecule has 0 amide bonds. The van der Waals surface area contributed by atoms with E-state index in [0.717, 1.165) is 11.3 Å². The molecule has 0 radical (unpaired) electrons. The number of aliphatic carboxylic acids is 1. The number of ether oxygens (including phenoxy) is 1. The molecule has 0 aromatic carbocycles. The summed E-state index contributed by atoms with van der Waals surface area (Å²) in [5, 5.41) is 10.3. The van der Waals surface area contributed by atoms with E-state index in [1.165, 1.54) is 13.2 Å². The second-order valence-electron chi connectivity index (χ2n) is 2.51. The van der Waals surface area contributed by atoms with E-state index in [9.17, 15) is 9.59 Å². The van der Waals surface area contributed by atoms with E-state index in [-0.39, 0.29) is 10.4 Å². The van der Waals surface area contributed by atoms with Crippen LogP contribution in [0.25, 0.3) is 0 Å². The fourth-order valence-electron chi connectivity index (χ4n) is 0.956. The molecule has 1 atom stereocenters. The van der Waals surface area contributed by atoms with Gasteiger partial charge in [0.2, 0.25) is 0 Å². The Kier molecular flexibility index (Phi) is 3.21. The summed E-state index contributed by atoms with van der Waals surface area (Å²) in [6.07, 6.45) is 0. The van der Waals surface area contributed by atoms with Gasteiger partial charge in [-0.1, -0.05) is 0 Å². The predicted molar refractivity (Wildman–Crippen MR) is 50.2 cm³/mol. The molecule has 1 aromatic heterocycles. The van der Waals surface area contributed by atoms with Crippen LogP contribution in [0.5, 0.6) is 0 Å². The highest BCUT2D eigenvalue weighted by molar-refractivity contribution is 7.12. The van der Waals surface area contributed by atoms with Gasteiger partial charge in [-0.05, 0) is 11.4 Å². The topological polar surface area (TPSA) is 89.6 Å². The Balaban J connectivity index is 3.04. The predicted octanol–water partition coefficient (Wildman–Crippen LogP) is 0.619. The first-order chi connectivity index (χ1) is 6.57. The average molecular weight is 215 g/mol. The Hall–Kier alpha value is -1.40. The normalized spacial score (nSPS) is 12.1. The van der Waals surface area contributed by atoms with Crippen molar-refractivity contribution in [3.8, 4) is 0 Å². The Labute approximate surface area is 84.1 Å². The van der Waals surface area contributed by atoms with Crippen LogP contribution in [0.2, 0.25) is 0 Å². The number of carbonyl (C=O) groups excluding carboxylic acids is 1. The lowest BCUT2D eigenvalue weighted by atomic mass is 10.1. The Bertz CT molecular complexity index is 360. The molecule has 0 spiro atoms. The maximum absolute atomic E-state index is 11.2. The summed E-state index contributed by atoms with van der Waals surface area (Å²) in [5.74, 6) is -1.74. The Morgan fingerprint density at radius 1 is 1.64 bits per heavy atom. The van der Waals surface area contributed by atoms with Crippen molar-refractivity contribution in [1.29, 1.82) is 0 Å². The van der Waals surface area contributed by atoms with E-state index in [1.54, 1.807) is 5.38 Å². The molecule has 76 valence electrons. The van der Waals surface area contributed by atoms with Crippen molar-refractivity contribution in [2.45, 2.75) is 6.04 Å². The summed E-state index contributed by atoms with van der Waals surface area (Å²) in [5.41, 5.74) is 5.66. The summed E-state index contributed by atoms with van der Waals surface area (Å²) in [7, 11) is 1.23. The number of hydrogen-bond acceptors (Lipinski definition) is 5. The minimum Gasteiger partial charge on any atom is -0.480 e. The molecule has 1 aromatic rings. The quantitative estimate of drug-likeness (QED) is 0.721. The second-order valence-corrected chi connectivity index (χ2v) is 3.43. The fraction of sp³-hybridized carbons (Fsp3) is 0.250. The van der Waals surface area contributed by atoms with Crippen LogP contribution in [0.3, 0.4) is 0 Å². The van der Waals surface area contributed by atoms with Crippen LogP contribution in [0.15, 0.2) is 11.4 Å². The molecule has 0 aliphatic rings. The van der Waals surface area contributed by atoms with Gasteiger partial charge in [0.25, 0.3) is 0 Å². The number of hydrogen-bond donors (Lipinski definition) is 2. The average Bonchev–Trinajstić information content (AvgIpc) is 2.63. The maximum atomic E-state index is 11.2. The van der Waals surface area contributed by atoms with Gasteiger partial charge in [0.15, 0.2) is 0 Å². The Morgan fingerprint density at radius 3 is 2.79 bits per heavy atom. The van der Waals surface area contributed by atoms with Crippen LogP contribution in [0.1, 0.15) is 21.3 Å². The highest BCUT2D eigenvalue weighted by Crippen LogP contribution is 2.23. The first-order valence-corrected chi connectivity index (χ1v) is 4.60. The molecular weight excluding hydrogens is 206 g/mol. The van der Waals surface area contributed by atoms with E-state index in [1.807, 2.05) is 0 Å². The lowest BCUT2D eigenvalue weighted by Gasteiger charge is -2.05. The van der Waals surface area contributed by atoms with Crippen molar-refractivity contribution in [1.82, 2.24) is 0 Å². The first kappa shape index (κ1) is 10.7. The van der Waals surface area contributed by atoms with Crippen LogP contribution in [-0.4, -0.2) is 24.2 Å². The molecule has 0 fully saturated rings. The van der Waals surface area contributed by atoms with Gasteiger partial charge in [0, 0.05) is 5.56 Å². The Morgan fingerprint density at radius 2 is 2.29 bits per heavy atom. The van der Waals surface area contributed by atoms with Crippen LogP contribution < -0.4 is 5.73 Å². The van der Waals surface area contributed by atoms with Gasteiger partial charge in [0.05, 0.1) is 7.11 Å². The molecule has 14 heavy (non-hydrogen) atoms. The zero-order valence-electron chi connectivity index (χ0n) is 7.39. The summed E-state index contributed by atoms with van der Waals surface area (Å²) < 4.78 is 4.49. The minimum atomic E-state index is -1.18. The molecule has 1 heterocycles. The van der Waals surface area contributed by atoms with Gasteiger partial charge >= 0.3 is 11.9 Å². The number of carboxylic acids is 1. The summed E-state index contributed by atoms with van der Waals surface area (Å²) >= 11 is 1.11. The molecular formula is C8H9NO4S. The largest absolute Gasteiger partial charge is 0.480 e. The molecule has 0 aliphatic carbocycles. The lowest BCUT2D eigenvalue weighted by molar-refractivity contribution is -0.138. The number of carboxylic acid groups (broad SMARTS) is 1. The molecule has 5 nitrogen and oxygen atoms in total. The number of methoxy groups -OCH3 is 1. The second kappa shape index (κ2) is 4.21. The van der Waals surface area contributed by atoms with Crippen molar-refractivity contribution in [3.63, 3.8) is 0 Å². The van der Waals surface area contributed by atoms with Crippen molar-refractivity contribution in [2.24, 2.45) is 5.73 Å². The third-order valence-corrected chi connectivity index (χ3v) is 2.58. The van der Waals surface area contributed by atoms with E-state index >= 15 is 0 Å². The lowest BCUT2D eigenvalue weighted by Crippen LogP contribution is -2.22. The van der Waals surface area contributed by atoms with Gasteiger partial charge in [-0.15, -0.1) is 11.3 Å². The fourth-order valence-corrected chi connectivity index (χ4v) is 1.82. The van der Waals surface area contributed by atoms with Crippen molar-refractivity contribution >= 4 is 23.3 Å². The number of esters is 1. The number of rotatable bonds is 3. The zero-order chi connectivity index (χ0) is 10.7. The monoisotopic (exact) mass is 215 g/mol. The van der Waals surface area contributed by atoms with E-state index in [0.29, 0.717) is 0 Å². The first-order valence-electron chi connectivity index (χ1n) is 3.72. The third-order valence-electron chi connectivity index (χ3n) is 1.67. The number of nitrogens with two attached hydrogens (primary N) is 1. The van der Waals surface area contributed by atoms with Gasteiger partial charge in [-0.3, -0.25) is 4.79 Å². The standard InChI is InChI=1S/C8H9NO4S/c1-13-8(12)6-4(2-3-14-6)5(9)7(10)11/h2-3,5H,9H2,1H3,(H,10,11). The number of thiophene rings is 1. The van der Waals surface area contributed by atoms with Crippen LogP contribution in [0.4, 0.5) is 0 Å². The molecule has 0 aliphatic heterocycles. The third kappa shape index (κ3) is 1.91. The molecule has 0 bridgehead atoms. The molecule has 1 unspecified atom stereocenters. The summed E-state index contributed by atoms with van der Waals surface area (Å²) in [6, 6.07) is 0.325. The molecule has 6 heteroatoms. The summed E-state index contributed by atoms with van der Waals surface area (Å²) in [4.78, 5) is 22.0. The summed E-state index contributed by atoms with van der Waals surface area (Å²) in [6.45, 7) is 0. The molecule has 3 N–H and O–H groups in total. The highest BCUT2D eigenvalue weighted by atomic mass is 32.1. The highest BCUT2D eigenvalue weighted by Gasteiger charge is 2.23. The van der Waals surface area contributed by atoms with E-state index in [4.69, 9.17) is 10.8 Å². The molecule has 1 rings (SSSR count). The van der Waals surface area contributed by atoms with Crippen LogP contribution in [0, 0.1) is 0 Å². The van der Waals surface area contributed by atoms with E-state index < -0.39 is 18.0 Å². The molecule has 0 saturated heterocycles. The van der Waals surface area contributed by atoms with Gasteiger partial charge in [-0.25, -0.2) is 4.79 Å². The zero-order valence-corrected chi connectivity index (χ0v) is 8.21. The van der Waals surface area contributed by atoms with Crippen molar-refractivity contribution < 1.29 is 19.4 Å².